The van der Waals surface area contributed by atoms with Gasteiger partial charge in [0.15, 0.2) is 6.10 Å². The second-order valence-electron chi connectivity index (χ2n) is 6.55. The van der Waals surface area contributed by atoms with E-state index in [0.717, 1.165) is 0 Å². The largest absolute Gasteiger partial charge is 0.476 e. The van der Waals surface area contributed by atoms with Crippen molar-refractivity contribution in [2.75, 3.05) is 44.4 Å². The minimum atomic E-state index is -0.734. The summed E-state index contributed by atoms with van der Waals surface area (Å²) in [5.74, 6) is 0.224. The molecule has 2 aliphatic rings. The Morgan fingerprint density at radius 2 is 2.07 bits per heavy atom. The minimum absolute atomic E-state index is 0.120. The van der Waals surface area contributed by atoms with E-state index in [1.807, 2.05) is 18.2 Å². The number of benzene rings is 1. The predicted octanol–water partition coefficient (Wildman–Crippen LogP) is 1.62. The van der Waals surface area contributed by atoms with E-state index < -0.39 is 12.2 Å². The average Bonchev–Trinajstić information content (AvgIpc) is 2.72. The summed E-state index contributed by atoms with van der Waals surface area (Å²) in [5.41, 5.74) is 0.660. The van der Waals surface area contributed by atoms with Gasteiger partial charge in [-0.15, -0.1) is 6.58 Å². The van der Waals surface area contributed by atoms with Crippen LogP contribution in [0.5, 0.6) is 5.75 Å². The highest BCUT2D eigenvalue weighted by Crippen LogP contribution is 2.34. The van der Waals surface area contributed by atoms with Crippen molar-refractivity contribution in [2.45, 2.75) is 25.6 Å². The summed E-state index contributed by atoms with van der Waals surface area (Å²) in [6.07, 6.45) is 1.07. The summed E-state index contributed by atoms with van der Waals surface area (Å²) >= 11 is 0. The molecule has 146 valence electrons. The summed E-state index contributed by atoms with van der Waals surface area (Å²) in [4.78, 5) is 29.2. The van der Waals surface area contributed by atoms with Crippen molar-refractivity contribution in [3.05, 3.63) is 36.9 Å². The van der Waals surface area contributed by atoms with Crippen LogP contribution in [0.15, 0.2) is 36.9 Å². The first-order valence-electron chi connectivity index (χ1n) is 9.28. The van der Waals surface area contributed by atoms with E-state index >= 15 is 0 Å². The fourth-order valence-electron chi connectivity index (χ4n) is 3.18. The van der Waals surface area contributed by atoms with Crippen LogP contribution in [0.2, 0.25) is 0 Å². The maximum atomic E-state index is 13.0. The molecule has 2 atom stereocenters. The van der Waals surface area contributed by atoms with E-state index in [2.05, 4.69) is 6.58 Å². The van der Waals surface area contributed by atoms with Gasteiger partial charge in [-0.05, 0) is 25.5 Å². The van der Waals surface area contributed by atoms with Gasteiger partial charge in [-0.1, -0.05) is 18.2 Å². The third-order valence-electron chi connectivity index (χ3n) is 4.68. The molecular formula is C20H26N2O5. The number of nitrogens with zero attached hydrogens (tertiary/aromatic N) is 2. The monoisotopic (exact) mass is 374 g/mol. The van der Waals surface area contributed by atoms with Crippen LogP contribution in [0.25, 0.3) is 0 Å². The van der Waals surface area contributed by atoms with Gasteiger partial charge in [0.05, 0.1) is 32.1 Å². The van der Waals surface area contributed by atoms with Gasteiger partial charge in [-0.3, -0.25) is 9.59 Å². The first-order valence-corrected chi connectivity index (χ1v) is 9.28. The Balaban J connectivity index is 1.76. The Kier molecular flexibility index (Phi) is 6.47. The molecule has 0 radical (unpaired) electrons. The maximum Gasteiger partial charge on any atom is 0.265 e. The molecular weight excluding hydrogens is 348 g/mol. The molecule has 2 unspecified atom stereocenters. The van der Waals surface area contributed by atoms with Gasteiger partial charge in [-0.25, -0.2) is 0 Å². The van der Waals surface area contributed by atoms with Crippen LogP contribution in [-0.4, -0.2) is 68.4 Å². The average molecular weight is 374 g/mol. The number of morpholine rings is 1. The molecule has 1 fully saturated rings. The van der Waals surface area contributed by atoms with Crippen LogP contribution in [0, 0.1) is 0 Å². The zero-order valence-electron chi connectivity index (χ0n) is 15.6. The number of fused-ring (bicyclic) bond motifs is 1. The number of anilines is 1. The highest BCUT2D eigenvalue weighted by atomic mass is 16.5. The van der Waals surface area contributed by atoms with E-state index in [9.17, 15) is 9.59 Å². The summed E-state index contributed by atoms with van der Waals surface area (Å²) in [7, 11) is 0. The van der Waals surface area contributed by atoms with Crippen molar-refractivity contribution >= 4 is 17.5 Å². The molecule has 2 amide bonds. The molecule has 1 aromatic carbocycles. The van der Waals surface area contributed by atoms with E-state index in [-0.39, 0.29) is 18.4 Å². The van der Waals surface area contributed by atoms with Crippen molar-refractivity contribution < 1.29 is 23.8 Å². The van der Waals surface area contributed by atoms with Crippen molar-refractivity contribution in [3.63, 3.8) is 0 Å². The van der Waals surface area contributed by atoms with Crippen molar-refractivity contribution in [1.82, 2.24) is 4.90 Å². The summed E-state index contributed by atoms with van der Waals surface area (Å²) in [5, 5.41) is 0. The smallest absolute Gasteiger partial charge is 0.265 e. The fourth-order valence-corrected chi connectivity index (χ4v) is 3.18. The third-order valence-corrected chi connectivity index (χ3v) is 4.68. The molecule has 3 rings (SSSR count). The Labute approximate surface area is 159 Å². The summed E-state index contributed by atoms with van der Waals surface area (Å²) in [6.45, 7) is 8.09. The lowest BCUT2D eigenvalue weighted by atomic mass is 10.1. The van der Waals surface area contributed by atoms with Crippen molar-refractivity contribution in [1.29, 1.82) is 0 Å². The number of carbonyl (C=O) groups excluding carboxylic acids is 2. The number of ether oxygens (including phenoxy) is 3. The van der Waals surface area contributed by atoms with Gasteiger partial charge >= 0.3 is 0 Å². The minimum Gasteiger partial charge on any atom is -0.476 e. The Bertz CT molecular complexity index is 687. The standard InChI is InChI=1S/C20H26N2O5/c1-3-4-11-26-15(2)19(23)22-14-18(20(24)21-9-12-25-13-10-21)27-17-8-6-5-7-16(17)22/h3,5-8,15,18H,1,4,9-14H2,2H3. The molecule has 7 heteroatoms. The molecule has 1 saturated heterocycles. The van der Waals surface area contributed by atoms with E-state index in [4.69, 9.17) is 14.2 Å². The Morgan fingerprint density at radius 1 is 1.33 bits per heavy atom. The van der Waals surface area contributed by atoms with Crippen LogP contribution in [-0.2, 0) is 19.1 Å². The van der Waals surface area contributed by atoms with Crippen molar-refractivity contribution in [3.8, 4) is 5.75 Å². The van der Waals surface area contributed by atoms with E-state index in [1.165, 1.54) is 0 Å². The van der Waals surface area contributed by atoms with Crippen LogP contribution in [0.4, 0.5) is 5.69 Å². The molecule has 2 heterocycles. The van der Waals surface area contributed by atoms with Crippen LogP contribution in [0.3, 0.4) is 0 Å². The van der Waals surface area contributed by atoms with Gasteiger partial charge in [0.25, 0.3) is 11.8 Å². The second-order valence-corrected chi connectivity index (χ2v) is 6.55. The van der Waals surface area contributed by atoms with Gasteiger partial charge < -0.3 is 24.0 Å². The highest BCUT2D eigenvalue weighted by Gasteiger charge is 2.37. The lowest BCUT2D eigenvalue weighted by Gasteiger charge is -2.38. The number of carbonyl (C=O) groups is 2. The van der Waals surface area contributed by atoms with Gasteiger partial charge in [0.2, 0.25) is 0 Å². The molecule has 0 N–H and O–H groups in total. The van der Waals surface area contributed by atoms with E-state index in [1.54, 1.807) is 28.9 Å². The number of hydrogen-bond donors (Lipinski definition) is 0. The topological polar surface area (TPSA) is 68.3 Å². The lowest BCUT2D eigenvalue weighted by Crippen LogP contribution is -2.55. The molecule has 27 heavy (non-hydrogen) atoms. The molecule has 0 bridgehead atoms. The zero-order chi connectivity index (χ0) is 19.2. The summed E-state index contributed by atoms with van der Waals surface area (Å²) in [6, 6.07) is 7.26. The first-order chi connectivity index (χ1) is 13.1. The van der Waals surface area contributed by atoms with Gasteiger partial charge in [-0.2, -0.15) is 0 Å². The normalized spacial score (nSPS) is 20.4. The zero-order valence-corrected chi connectivity index (χ0v) is 15.6. The van der Waals surface area contributed by atoms with E-state index in [0.29, 0.717) is 50.8 Å². The molecule has 7 nitrogen and oxygen atoms in total. The molecule has 2 aliphatic heterocycles. The fraction of sp³-hybridized carbons (Fsp3) is 0.500. The van der Waals surface area contributed by atoms with Crippen LogP contribution >= 0.6 is 0 Å². The number of para-hydroxylation sites is 2. The third kappa shape index (κ3) is 4.48. The van der Waals surface area contributed by atoms with Gasteiger partial charge in [0, 0.05) is 13.1 Å². The maximum absolute atomic E-state index is 13.0. The molecule has 1 aromatic rings. The van der Waals surface area contributed by atoms with Crippen LogP contribution in [0.1, 0.15) is 13.3 Å². The second kappa shape index (κ2) is 9.01. The SMILES string of the molecule is C=CCCOC(C)C(=O)N1CC(C(=O)N2CCOCC2)Oc2ccccc21. The molecule has 0 spiro atoms. The molecule has 0 aromatic heterocycles. The van der Waals surface area contributed by atoms with Gasteiger partial charge in [0.1, 0.15) is 11.9 Å². The Morgan fingerprint density at radius 3 is 2.81 bits per heavy atom. The van der Waals surface area contributed by atoms with Crippen molar-refractivity contribution in [2.24, 2.45) is 0 Å². The number of amides is 2. The number of rotatable bonds is 6. The Hall–Kier alpha value is -2.38. The van der Waals surface area contributed by atoms with Crippen LogP contribution < -0.4 is 9.64 Å². The predicted molar refractivity (Wildman–Crippen MR) is 101 cm³/mol. The lowest BCUT2D eigenvalue weighted by molar-refractivity contribution is -0.143. The summed E-state index contributed by atoms with van der Waals surface area (Å²) < 4.78 is 16.8. The molecule has 0 aliphatic carbocycles. The number of hydrogen-bond acceptors (Lipinski definition) is 5. The molecule has 0 saturated carbocycles. The quantitative estimate of drug-likeness (QED) is 0.559. The highest BCUT2D eigenvalue weighted by molar-refractivity contribution is 5.99. The first kappa shape index (κ1) is 19.4.